The second kappa shape index (κ2) is 6.14. The van der Waals surface area contributed by atoms with Crippen LogP contribution < -0.4 is 0 Å². The zero-order valence-corrected chi connectivity index (χ0v) is 15.8. The van der Waals surface area contributed by atoms with Gasteiger partial charge in [0.1, 0.15) is 0 Å². The van der Waals surface area contributed by atoms with Crippen molar-refractivity contribution in [2.45, 2.75) is 85.2 Å². The van der Waals surface area contributed by atoms with Gasteiger partial charge in [0.15, 0.2) is 0 Å². The average Bonchev–Trinajstić information content (AvgIpc) is 2.33. The van der Waals surface area contributed by atoms with E-state index in [1.807, 2.05) is 40.7 Å². The first-order chi connectivity index (χ1) is 10.0. The Balaban J connectivity index is 3.35. The first kappa shape index (κ1) is 20.1. The molecule has 0 bridgehead atoms. The second-order valence-corrected chi connectivity index (χ2v) is 9.45. The molecule has 1 aromatic rings. The third-order valence-electron chi connectivity index (χ3n) is 4.42. The van der Waals surface area contributed by atoms with Gasteiger partial charge in [-0.1, -0.05) is 67.5 Å². The van der Waals surface area contributed by atoms with Gasteiger partial charge in [0.2, 0.25) is 0 Å². The molecule has 0 atom stereocenters. The summed E-state index contributed by atoms with van der Waals surface area (Å²) in [6.45, 7) is 16.0. The Morgan fingerprint density at radius 1 is 0.739 bits per heavy atom. The summed E-state index contributed by atoms with van der Waals surface area (Å²) < 4.78 is 40.9. The van der Waals surface area contributed by atoms with Gasteiger partial charge in [0.25, 0.3) is 0 Å². The molecule has 0 fully saturated rings. The Labute approximate surface area is 139 Å². The highest BCUT2D eigenvalue weighted by atomic mass is 19.4. The molecule has 0 nitrogen and oxygen atoms in total. The van der Waals surface area contributed by atoms with E-state index < -0.39 is 17.2 Å². The van der Waals surface area contributed by atoms with Crippen LogP contribution in [-0.4, -0.2) is 0 Å². The molecule has 0 saturated carbocycles. The summed E-state index contributed by atoms with van der Waals surface area (Å²) in [5.41, 5.74) is -0.0461. The van der Waals surface area contributed by atoms with Crippen LogP contribution in [-0.2, 0) is 17.0 Å². The summed E-state index contributed by atoms with van der Waals surface area (Å²) in [7, 11) is 0. The third-order valence-corrected chi connectivity index (χ3v) is 4.42. The van der Waals surface area contributed by atoms with Crippen LogP contribution in [0.5, 0.6) is 0 Å². The Hall–Kier alpha value is -0.990. The van der Waals surface area contributed by atoms with Crippen molar-refractivity contribution in [3.8, 4) is 0 Å². The van der Waals surface area contributed by atoms with E-state index in [-0.39, 0.29) is 10.8 Å². The smallest absolute Gasteiger partial charge is 0.166 e. The van der Waals surface area contributed by atoms with Gasteiger partial charge < -0.3 is 0 Å². The summed E-state index contributed by atoms with van der Waals surface area (Å²) in [4.78, 5) is 0. The Kier molecular flexibility index (Phi) is 5.36. The van der Waals surface area contributed by atoms with Gasteiger partial charge in [-0.15, -0.1) is 0 Å². The summed E-state index contributed by atoms with van der Waals surface area (Å²) in [5, 5.41) is 0. The van der Waals surface area contributed by atoms with Gasteiger partial charge in [-0.2, -0.15) is 13.2 Å². The standard InChI is InChI=1S/C20H31F3/c1-17(2,3)11-12-19(7,8)15-10-9-14(18(4,5)6)13-16(15)20(21,22)23/h9-10,13H,11-12H2,1-8H3. The van der Waals surface area contributed by atoms with Crippen molar-refractivity contribution < 1.29 is 13.2 Å². The fraction of sp³-hybridized carbons (Fsp3) is 0.700. The van der Waals surface area contributed by atoms with Crippen LogP contribution in [0.15, 0.2) is 18.2 Å². The lowest BCUT2D eigenvalue weighted by atomic mass is 9.73. The molecule has 0 spiro atoms. The summed E-state index contributed by atoms with van der Waals surface area (Å²) in [6, 6.07) is 4.88. The Morgan fingerprint density at radius 2 is 1.26 bits per heavy atom. The van der Waals surface area contributed by atoms with Crippen molar-refractivity contribution in [1.29, 1.82) is 0 Å². The number of halogens is 3. The number of benzene rings is 1. The molecule has 0 aliphatic rings. The highest BCUT2D eigenvalue weighted by Gasteiger charge is 2.38. The predicted octanol–water partition coefficient (Wildman–Crippen LogP) is 7.11. The number of hydrogen-bond acceptors (Lipinski definition) is 0. The van der Waals surface area contributed by atoms with Gasteiger partial charge in [0.05, 0.1) is 5.56 Å². The van der Waals surface area contributed by atoms with Crippen LogP contribution >= 0.6 is 0 Å². The van der Waals surface area contributed by atoms with E-state index in [0.29, 0.717) is 5.56 Å². The molecule has 0 aliphatic carbocycles. The van der Waals surface area contributed by atoms with Gasteiger partial charge in [-0.25, -0.2) is 0 Å². The predicted molar refractivity (Wildman–Crippen MR) is 91.9 cm³/mol. The molecule has 0 aliphatic heterocycles. The van der Waals surface area contributed by atoms with Gasteiger partial charge in [0, 0.05) is 0 Å². The molecule has 1 rings (SSSR count). The molecule has 0 saturated heterocycles. The van der Waals surface area contributed by atoms with E-state index in [4.69, 9.17) is 0 Å². The van der Waals surface area contributed by atoms with Crippen molar-refractivity contribution in [3.05, 3.63) is 34.9 Å². The minimum absolute atomic E-state index is 0.112. The molecule has 0 amide bonds. The molecule has 0 aromatic heterocycles. The normalized spacial score (nSPS) is 14.2. The van der Waals surface area contributed by atoms with Crippen LogP contribution in [0.2, 0.25) is 0 Å². The molecule has 0 unspecified atom stereocenters. The SMILES string of the molecule is CC(C)(C)CCC(C)(C)c1ccc(C(C)(C)C)cc1C(F)(F)F. The Bertz CT molecular complexity index is 537. The quantitative estimate of drug-likeness (QED) is 0.554. The average molecular weight is 328 g/mol. The maximum atomic E-state index is 13.6. The molecule has 1 aromatic carbocycles. The highest BCUT2D eigenvalue weighted by Crippen LogP contribution is 2.42. The van der Waals surface area contributed by atoms with E-state index >= 15 is 0 Å². The maximum Gasteiger partial charge on any atom is 0.416 e. The van der Waals surface area contributed by atoms with Crippen LogP contribution in [0.1, 0.15) is 84.9 Å². The topological polar surface area (TPSA) is 0 Å². The van der Waals surface area contributed by atoms with E-state index in [2.05, 4.69) is 20.8 Å². The fourth-order valence-corrected chi connectivity index (χ4v) is 2.66. The Morgan fingerprint density at radius 3 is 1.65 bits per heavy atom. The minimum atomic E-state index is -4.32. The van der Waals surface area contributed by atoms with E-state index in [0.717, 1.165) is 18.4 Å². The third kappa shape index (κ3) is 5.54. The molecule has 3 heteroatoms. The van der Waals surface area contributed by atoms with Gasteiger partial charge >= 0.3 is 6.18 Å². The largest absolute Gasteiger partial charge is 0.416 e. The minimum Gasteiger partial charge on any atom is -0.166 e. The lowest BCUT2D eigenvalue weighted by Crippen LogP contribution is -2.25. The van der Waals surface area contributed by atoms with Crippen molar-refractivity contribution >= 4 is 0 Å². The van der Waals surface area contributed by atoms with Crippen molar-refractivity contribution in [1.82, 2.24) is 0 Å². The number of alkyl halides is 3. The van der Waals surface area contributed by atoms with E-state index in [1.165, 1.54) is 6.07 Å². The monoisotopic (exact) mass is 328 g/mol. The first-order valence-corrected chi connectivity index (χ1v) is 8.26. The van der Waals surface area contributed by atoms with Gasteiger partial charge in [-0.3, -0.25) is 0 Å². The van der Waals surface area contributed by atoms with Gasteiger partial charge in [-0.05, 0) is 46.3 Å². The molecule has 0 radical (unpaired) electrons. The zero-order chi connectivity index (χ0) is 18.3. The van der Waals surface area contributed by atoms with Crippen molar-refractivity contribution in [3.63, 3.8) is 0 Å². The van der Waals surface area contributed by atoms with Crippen molar-refractivity contribution in [2.75, 3.05) is 0 Å². The molecular weight excluding hydrogens is 297 g/mol. The lowest BCUT2D eigenvalue weighted by molar-refractivity contribution is -0.138. The molecule has 0 N–H and O–H groups in total. The second-order valence-electron chi connectivity index (χ2n) is 9.45. The lowest BCUT2D eigenvalue weighted by Gasteiger charge is -2.33. The molecule has 23 heavy (non-hydrogen) atoms. The van der Waals surface area contributed by atoms with Crippen LogP contribution in [0.3, 0.4) is 0 Å². The molecular formula is C20H31F3. The van der Waals surface area contributed by atoms with E-state index in [1.54, 1.807) is 6.07 Å². The van der Waals surface area contributed by atoms with Crippen LogP contribution in [0, 0.1) is 5.41 Å². The number of rotatable bonds is 3. The summed E-state index contributed by atoms with van der Waals surface area (Å²) in [5.74, 6) is 0. The van der Waals surface area contributed by atoms with Crippen LogP contribution in [0.25, 0.3) is 0 Å². The van der Waals surface area contributed by atoms with E-state index in [9.17, 15) is 13.2 Å². The first-order valence-electron chi connectivity index (χ1n) is 8.26. The summed E-state index contributed by atoms with van der Waals surface area (Å²) >= 11 is 0. The highest BCUT2D eigenvalue weighted by molar-refractivity contribution is 5.41. The van der Waals surface area contributed by atoms with Crippen molar-refractivity contribution in [2.24, 2.45) is 5.41 Å². The van der Waals surface area contributed by atoms with Crippen LogP contribution in [0.4, 0.5) is 13.2 Å². The zero-order valence-electron chi connectivity index (χ0n) is 15.8. The number of hydrogen-bond donors (Lipinski definition) is 0. The molecule has 0 heterocycles. The maximum absolute atomic E-state index is 13.6. The summed E-state index contributed by atoms with van der Waals surface area (Å²) in [6.07, 6.45) is -2.71. The fourth-order valence-electron chi connectivity index (χ4n) is 2.66. The molecule has 132 valence electrons.